The molecule has 0 aliphatic heterocycles. The molecule has 0 aromatic rings. The van der Waals surface area contributed by atoms with Crippen LogP contribution in [0.3, 0.4) is 0 Å². The van der Waals surface area contributed by atoms with E-state index in [1.165, 1.54) is 6.08 Å². The number of aliphatic hydroxyl groups is 3. The summed E-state index contributed by atoms with van der Waals surface area (Å²) in [6, 6.07) is 1.38. The number of unbranched alkanes of at least 4 members (excludes halogenated alkanes) is 1. The highest BCUT2D eigenvalue weighted by Crippen LogP contribution is 2.20. The molecule has 23 heteroatoms. The van der Waals surface area contributed by atoms with E-state index in [1.807, 2.05) is 83.1 Å². The first kappa shape index (κ1) is 72.9. The van der Waals surface area contributed by atoms with Crippen LogP contribution in [0.4, 0.5) is 0 Å². The Hall–Kier alpha value is -1.40. The number of isocyanates is 1. The van der Waals surface area contributed by atoms with Gasteiger partial charge in [-0.15, -0.1) is 0 Å². The summed E-state index contributed by atoms with van der Waals surface area (Å²) in [4.78, 5) is 25.4. The Morgan fingerprint density at radius 1 is 0.457 bits per heavy atom. The number of hydrogen-bond donors (Lipinski definition) is 3. The van der Waals surface area contributed by atoms with Crippen molar-refractivity contribution in [3.05, 3.63) is 0 Å². The number of aliphatic imine (C=N–C) groups is 1. The Kier molecular flexibility index (Phi) is 54.6. The van der Waals surface area contributed by atoms with Gasteiger partial charge in [0.2, 0.25) is 6.08 Å². The van der Waals surface area contributed by atoms with Crippen molar-refractivity contribution in [2.75, 3.05) is 139 Å². The topological polar surface area (TPSA) is 246 Å². The Morgan fingerprint density at radius 2 is 0.786 bits per heavy atom. The molecule has 0 fully saturated rings. The minimum Gasteiger partial charge on any atom is -0.463 e. The van der Waals surface area contributed by atoms with Gasteiger partial charge >= 0.3 is 23.6 Å². The van der Waals surface area contributed by atoms with E-state index >= 15 is 0 Å². The van der Waals surface area contributed by atoms with Gasteiger partial charge in [-0.1, -0.05) is 0 Å². The molecule has 420 valence electrons. The number of carbonyl (C=O) groups is 1. The molecule has 0 saturated carbocycles. The van der Waals surface area contributed by atoms with Crippen molar-refractivity contribution < 1.29 is 94.1 Å². The third kappa shape index (κ3) is 46.4. The third-order valence-electron chi connectivity index (χ3n) is 8.99. The molecule has 21 nitrogen and oxygen atoms in total. The van der Waals surface area contributed by atoms with Gasteiger partial charge in [0.25, 0.3) is 0 Å². The molecule has 0 aliphatic carbocycles. The lowest BCUT2D eigenvalue weighted by Crippen LogP contribution is -2.46. The lowest BCUT2D eigenvalue weighted by Gasteiger charge is -2.28. The van der Waals surface area contributed by atoms with Crippen LogP contribution in [0.5, 0.6) is 0 Å². The minimum absolute atomic E-state index is 0.00165. The van der Waals surface area contributed by atoms with Gasteiger partial charge in [0, 0.05) is 58.2 Å². The monoisotopic (exact) mass is 1050 g/mol. The van der Waals surface area contributed by atoms with Crippen LogP contribution in [0.25, 0.3) is 0 Å². The van der Waals surface area contributed by atoms with Crippen LogP contribution >= 0.6 is 0 Å². The zero-order valence-electron chi connectivity index (χ0n) is 45.3. The molecule has 0 heterocycles. The first-order valence-electron chi connectivity index (χ1n) is 25.4. The number of rotatable bonds is 48. The van der Waals surface area contributed by atoms with Gasteiger partial charge in [0.15, 0.2) is 0 Å². The van der Waals surface area contributed by atoms with Crippen molar-refractivity contribution >= 4 is 29.7 Å². The molecule has 3 N–H and O–H groups in total. The summed E-state index contributed by atoms with van der Waals surface area (Å²) in [5.74, 6) is -0.239. The Morgan fingerprint density at radius 3 is 1.13 bits per heavy atom. The molecule has 0 aliphatic rings. The molecule has 6 unspecified atom stereocenters. The van der Waals surface area contributed by atoms with Crippen molar-refractivity contribution in [1.82, 2.24) is 0 Å². The van der Waals surface area contributed by atoms with Crippen molar-refractivity contribution in [3.8, 4) is 0 Å². The summed E-state index contributed by atoms with van der Waals surface area (Å²) in [7, 11) is -5.19. The molecule has 70 heavy (non-hydrogen) atoms. The molecule has 0 rings (SSSR count). The highest BCUT2D eigenvalue weighted by Gasteiger charge is 2.40. The molecule has 0 radical (unpaired) electrons. The standard InChI is InChI=1S/C24H50O10Si.C13H28O6.C10H21NO4Si/c1-7-32-35(33-8-2,34-9-3)17-11-10-12-24(26)30-16-15-29-23(6)20-31-22(5)19-27-18-21(4)28-14-13-25;1-11(17-6-4-14)8-16-9-12(2)19-10-13(3)18-7-5-15;1-4-13-16(14-5-2,15-6-3)9-7-8-11-10-12/h21-23,25H,7-20H2,1-6H3;11-15H,4-10H2,1-3H3;4-9H2,1-3H3. The van der Waals surface area contributed by atoms with E-state index in [1.54, 1.807) is 0 Å². The predicted octanol–water partition coefficient (Wildman–Crippen LogP) is 4.94. The predicted molar refractivity (Wildman–Crippen MR) is 269 cm³/mol. The minimum atomic E-state index is -2.65. The number of aliphatic hydroxyl groups excluding tert-OH is 3. The van der Waals surface area contributed by atoms with Crippen molar-refractivity contribution in [3.63, 3.8) is 0 Å². The molecular formula is C47H99NO20Si2. The Bertz CT molecular complexity index is 1130. The fourth-order valence-corrected chi connectivity index (χ4v) is 11.2. The number of esters is 1. The van der Waals surface area contributed by atoms with Crippen LogP contribution < -0.4 is 0 Å². The summed E-state index contributed by atoms with van der Waals surface area (Å²) in [5.41, 5.74) is 0. The molecule has 0 spiro atoms. The zero-order valence-corrected chi connectivity index (χ0v) is 47.3. The highest BCUT2D eigenvalue weighted by molar-refractivity contribution is 6.61. The van der Waals surface area contributed by atoms with E-state index in [0.29, 0.717) is 137 Å². The summed E-state index contributed by atoms with van der Waals surface area (Å²) in [6.07, 6.45) is 3.67. The van der Waals surface area contributed by atoms with Gasteiger partial charge in [-0.25, -0.2) is 9.79 Å². The van der Waals surface area contributed by atoms with Crippen LogP contribution in [0.15, 0.2) is 4.99 Å². The zero-order chi connectivity index (χ0) is 53.2. The number of carbonyl (C=O) groups excluding carboxylic acids is 2. The van der Waals surface area contributed by atoms with Crippen LogP contribution in [-0.2, 0) is 78.8 Å². The van der Waals surface area contributed by atoms with E-state index in [4.69, 9.17) is 84.5 Å². The van der Waals surface area contributed by atoms with E-state index < -0.39 is 17.6 Å². The molecule has 0 aromatic heterocycles. The van der Waals surface area contributed by atoms with Crippen molar-refractivity contribution in [1.29, 1.82) is 0 Å². The third-order valence-corrected chi connectivity index (χ3v) is 15.3. The second kappa shape index (κ2) is 52.5. The largest absolute Gasteiger partial charge is 0.500 e. The lowest BCUT2D eigenvalue weighted by atomic mass is 10.2. The van der Waals surface area contributed by atoms with Gasteiger partial charge in [0.1, 0.15) is 6.61 Å². The first-order chi connectivity index (χ1) is 33.7. The quantitative estimate of drug-likeness (QED) is 0.0240. The summed E-state index contributed by atoms with van der Waals surface area (Å²) in [5, 5.41) is 25.9. The van der Waals surface area contributed by atoms with Crippen LogP contribution in [-0.4, -0.2) is 220 Å². The summed E-state index contributed by atoms with van der Waals surface area (Å²) < 4.78 is 83.5. The Labute approximate surface area is 423 Å². The maximum absolute atomic E-state index is 12.0. The smallest absolute Gasteiger partial charge is 0.463 e. The lowest BCUT2D eigenvalue weighted by molar-refractivity contribution is -0.146. The number of ether oxygens (including phenoxy) is 9. The average molecular weight is 1050 g/mol. The average Bonchev–Trinajstić information content (AvgIpc) is 3.33. The highest BCUT2D eigenvalue weighted by atomic mass is 28.4. The van der Waals surface area contributed by atoms with Crippen molar-refractivity contribution in [2.24, 2.45) is 4.99 Å². The molecule has 0 aromatic carbocycles. The summed E-state index contributed by atoms with van der Waals surface area (Å²) in [6.45, 7) is 31.1. The van der Waals surface area contributed by atoms with Gasteiger partial charge < -0.3 is 84.5 Å². The van der Waals surface area contributed by atoms with E-state index in [9.17, 15) is 9.59 Å². The Balaban J connectivity index is -0.00000107. The second-order valence-electron chi connectivity index (χ2n) is 15.7. The fraction of sp³-hybridized carbons (Fsp3) is 0.957. The maximum atomic E-state index is 12.0. The SMILES string of the molecule is CC(COCC(C)OCC(C)OCCO)OCCO.CCO[Si](CCCCC(=O)OCCOC(C)COC(C)COCC(C)OCCO)(OCC)OCC.CCO[Si](CCCN=C=O)(OCC)OCC. The van der Waals surface area contributed by atoms with Crippen LogP contribution in [0, 0.1) is 0 Å². The van der Waals surface area contributed by atoms with Crippen LogP contribution in [0.1, 0.15) is 109 Å². The van der Waals surface area contributed by atoms with Gasteiger partial charge in [-0.05, 0) is 102 Å². The van der Waals surface area contributed by atoms with Crippen LogP contribution in [0.2, 0.25) is 12.1 Å². The normalized spacial score (nSPS) is 14.3. The first-order valence-corrected chi connectivity index (χ1v) is 29.2. The fourth-order valence-electron chi connectivity index (χ4n) is 5.96. The molecule has 6 atom stereocenters. The van der Waals surface area contributed by atoms with Gasteiger partial charge in [0.05, 0.1) is 129 Å². The molecular weight excluding hydrogens is 955 g/mol. The molecule has 0 amide bonds. The second-order valence-corrected chi connectivity index (χ2v) is 21.2. The number of nitrogens with zero attached hydrogens (tertiary/aromatic N) is 1. The van der Waals surface area contributed by atoms with Gasteiger partial charge in [-0.3, -0.25) is 4.79 Å². The number of hydrogen-bond acceptors (Lipinski definition) is 21. The van der Waals surface area contributed by atoms with E-state index in [-0.39, 0.29) is 69.0 Å². The van der Waals surface area contributed by atoms with E-state index in [0.717, 1.165) is 12.8 Å². The van der Waals surface area contributed by atoms with Crippen molar-refractivity contribution in [2.45, 2.75) is 157 Å². The van der Waals surface area contributed by atoms with Gasteiger partial charge in [-0.2, -0.15) is 0 Å². The van der Waals surface area contributed by atoms with E-state index in [2.05, 4.69) is 4.99 Å². The molecule has 0 bridgehead atoms. The maximum Gasteiger partial charge on any atom is 0.500 e. The molecule has 0 saturated heterocycles. The summed E-state index contributed by atoms with van der Waals surface area (Å²) >= 11 is 0.